The Hall–Kier alpha value is -2.24. The molecule has 1 heterocycles. The molecule has 104 valence electrons. The topological polar surface area (TPSA) is 86.0 Å². The van der Waals surface area contributed by atoms with Gasteiger partial charge in [0, 0.05) is 12.1 Å². The zero-order valence-electron chi connectivity index (χ0n) is 10.8. The maximum atomic E-state index is 11.4. The molecule has 0 unspecified atom stereocenters. The molecule has 1 aromatic heterocycles. The molecular formula is C13H16O6. The summed E-state index contributed by atoms with van der Waals surface area (Å²) in [7, 11) is 1.39. The van der Waals surface area contributed by atoms with Crippen LogP contribution in [0.1, 0.15) is 25.5 Å². The van der Waals surface area contributed by atoms with Crippen LogP contribution in [-0.2, 0) is 9.53 Å². The molecule has 6 heteroatoms. The van der Waals surface area contributed by atoms with Crippen LogP contribution >= 0.6 is 0 Å². The van der Waals surface area contributed by atoms with Crippen LogP contribution in [0.2, 0.25) is 0 Å². The van der Waals surface area contributed by atoms with Gasteiger partial charge in [-0.2, -0.15) is 0 Å². The van der Waals surface area contributed by atoms with Gasteiger partial charge in [0.1, 0.15) is 11.5 Å². The van der Waals surface area contributed by atoms with Crippen LogP contribution in [0.3, 0.4) is 0 Å². The zero-order valence-corrected chi connectivity index (χ0v) is 10.8. The van der Waals surface area contributed by atoms with E-state index in [1.165, 1.54) is 13.2 Å². The van der Waals surface area contributed by atoms with E-state index in [1.54, 1.807) is 0 Å². The molecule has 0 saturated carbocycles. The SMILES string of the molecule is CCCCOC(=O)/C(O)=C/c1cc(OC)cc(=O)o1. The third-order valence-electron chi connectivity index (χ3n) is 2.22. The van der Waals surface area contributed by atoms with Crippen molar-refractivity contribution in [2.24, 2.45) is 0 Å². The smallest absolute Gasteiger partial charge is 0.373 e. The van der Waals surface area contributed by atoms with Gasteiger partial charge in [0.15, 0.2) is 0 Å². The van der Waals surface area contributed by atoms with Crippen LogP contribution in [-0.4, -0.2) is 24.8 Å². The highest BCUT2D eigenvalue weighted by Gasteiger charge is 2.10. The predicted molar refractivity (Wildman–Crippen MR) is 68.0 cm³/mol. The molecule has 0 aliphatic heterocycles. The molecule has 0 bridgehead atoms. The Morgan fingerprint density at radius 2 is 2.21 bits per heavy atom. The van der Waals surface area contributed by atoms with Gasteiger partial charge in [-0.3, -0.25) is 0 Å². The molecule has 0 saturated heterocycles. The van der Waals surface area contributed by atoms with Gasteiger partial charge < -0.3 is 19.0 Å². The van der Waals surface area contributed by atoms with E-state index in [0.29, 0.717) is 6.42 Å². The summed E-state index contributed by atoms with van der Waals surface area (Å²) in [6.07, 6.45) is 2.61. The van der Waals surface area contributed by atoms with E-state index in [4.69, 9.17) is 13.9 Å². The fourth-order valence-corrected chi connectivity index (χ4v) is 1.24. The number of methoxy groups -OCH3 is 1. The second kappa shape index (κ2) is 7.25. The van der Waals surface area contributed by atoms with Gasteiger partial charge in [-0.15, -0.1) is 0 Å². The fraction of sp³-hybridized carbons (Fsp3) is 0.385. The Kier molecular flexibility index (Phi) is 5.66. The summed E-state index contributed by atoms with van der Waals surface area (Å²) in [6, 6.07) is 2.52. The summed E-state index contributed by atoms with van der Waals surface area (Å²) in [5.41, 5.74) is -0.641. The first-order valence-corrected chi connectivity index (χ1v) is 5.83. The Bertz CT molecular complexity index is 514. The van der Waals surface area contributed by atoms with Crippen molar-refractivity contribution in [3.05, 3.63) is 34.1 Å². The Labute approximate surface area is 110 Å². The van der Waals surface area contributed by atoms with Gasteiger partial charge in [0.2, 0.25) is 5.76 Å². The number of aliphatic hydroxyl groups excluding tert-OH is 1. The summed E-state index contributed by atoms with van der Waals surface area (Å²) in [5.74, 6) is -1.21. The zero-order chi connectivity index (χ0) is 14.3. The average Bonchev–Trinajstić information content (AvgIpc) is 2.38. The van der Waals surface area contributed by atoms with E-state index in [2.05, 4.69) is 0 Å². The number of hydrogen-bond donors (Lipinski definition) is 1. The molecule has 0 aromatic carbocycles. The fourth-order valence-electron chi connectivity index (χ4n) is 1.24. The lowest BCUT2D eigenvalue weighted by atomic mass is 10.3. The Morgan fingerprint density at radius 1 is 1.47 bits per heavy atom. The highest BCUT2D eigenvalue weighted by Crippen LogP contribution is 2.12. The lowest BCUT2D eigenvalue weighted by Gasteiger charge is -2.03. The molecule has 1 aromatic rings. The van der Waals surface area contributed by atoms with Crippen LogP contribution in [0.15, 0.2) is 27.1 Å². The largest absolute Gasteiger partial charge is 0.502 e. The first-order chi connectivity index (χ1) is 9.06. The predicted octanol–water partition coefficient (Wildman–Crippen LogP) is 1.89. The standard InChI is InChI=1S/C13H16O6/c1-3-4-5-18-13(16)11(14)7-10-6-9(17-2)8-12(15)19-10/h6-8,14H,3-5H2,1-2H3/b11-7-. The van der Waals surface area contributed by atoms with Crippen LogP contribution in [0.25, 0.3) is 6.08 Å². The van der Waals surface area contributed by atoms with Crippen molar-refractivity contribution in [2.45, 2.75) is 19.8 Å². The lowest BCUT2D eigenvalue weighted by Crippen LogP contribution is -2.08. The van der Waals surface area contributed by atoms with Gasteiger partial charge in [-0.1, -0.05) is 13.3 Å². The monoisotopic (exact) mass is 268 g/mol. The highest BCUT2D eigenvalue weighted by molar-refractivity contribution is 5.90. The van der Waals surface area contributed by atoms with Crippen molar-refractivity contribution in [1.82, 2.24) is 0 Å². The molecule has 1 N–H and O–H groups in total. The molecule has 1 rings (SSSR count). The Morgan fingerprint density at radius 3 is 2.84 bits per heavy atom. The van der Waals surface area contributed by atoms with E-state index < -0.39 is 17.4 Å². The van der Waals surface area contributed by atoms with Gasteiger partial charge in [-0.25, -0.2) is 9.59 Å². The summed E-state index contributed by atoms with van der Waals surface area (Å²) < 4.78 is 14.5. The van der Waals surface area contributed by atoms with Gasteiger partial charge in [0.25, 0.3) is 0 Å². The molecule has 0 aliphatic rings. The van der Waals surface area contributed by atoms with E-state index in [-0.39, 0.29) is 18.1 Å². The summed E-state index contributed by atoms with van der Waals surface area (Å²) in [6.45, 7) is 2.18. The first-order valence-electron chi connectivity index (χ1n) is 5.83. The average molecular weight is 268 g/mol. The molecule has 19 heavy (non-hydrogen) atoms. The molecule has 0 radical (unpaired) electrons. The molecule has 0 aliphatic carbocycles. The number of unbranched alkanes of at least 4 members (excludes halogenated alkanes) is 1. The minimum Gasteiger partial charge on any atom is -0.502 e. The van der Waals surface area contributed by atoms with Crippen LogP contribution < -0.4 is 10.4 Å². The molecule has 0 fully saturated rings. The van der Waals surface area contributed by atoms with Crippen molar-refractivity contribution in [3.63, 3.8) is 0 Å². The number of ether oxygens (including phenoxy) is 2. The third kappa shape index (κ3) is 4.87. The van der Waals surface area contributed by atoms with Gasteiger partial charge in [-0.05, 0) is 6.42 Å². The lowest BCUT2D eigenvalue weighted by molar-refractivity contribution is -0.142. The Balaban J connectivity index is 2.80. The van der Waals surface area contributed by atoms with Gasteiger partial charge >= 0.3 is 11.6 Å². The van der Waals surface area contributed by atoms with Crippen molar-refractivity contribution in [3.8, 4) is 5.75 Å². The molecule has 0 spiro atoms. The molecular weight excluding hydrogens is 252 g/mol. The number of esters is 1. The minimum absolute atomic E-state index is 0.00860. The van der Waals surface area contributed by atoms with Crippen LogP contribution in [0, 0.1) is 0 Å². The number of carbonyl (C=O) groups excluding carboxylic acids is 1. The third-order valence-corrected chi connectivity index (χ3v) is 2.22. The highest BCUT2D eigenvalue weighted by atomic mass is 16.5. The quantitative estimate of drug-likeness (QED) is 0.367. The summed E-state index contributed by atoms with van der Waals surface area (Å²) in [4.78, 5) is 22.5. The number of carbonyl (C=O) groups is 1. The van der Waals surface area contributed by atoms with E-state index in [0.717, 1.165) is 18.6 Å². The van der Waals surface area contributed by atoms with Crippen LogP contribution in [0.4, 0.5) is 0 Å². The summed E-state index contributed by atoms with van der Waals surface area (Å²) in [5, 5.41) is 9.51. The van der Waals surface area contributed by atoms with Crippen molar-refractivity contribution in [2.75, 3.05) is 13.7 Å². The second-order valence-electron chi connectivity index (χ2n) is 3.74. The van der Waals surface area contributed by atoms with E-state index >= 15 is 0 Å². The van der Waals surface area contributed by atoms with E-state index in [1.807, 2.05) is 6.92 Å². The maximum Gasteiger partial charge on any atom is 0.373 e. The molecule has 6 nitrogen and oxygen atoms in total. The normalized spacial score (nSPS) is 11.2. The van der Waals surface area contributed by atoms with Crippen LogP contribution in [0.5, 0.6) is 5.75 Å². The molecule has 0 atom stereocenters. The van der Waals surface area contributed by atoms with E-state index in [9.17, 15) is 14.7 Å². The number of rotatable bonds is 6. The first kappa shape index (κ1) is 14.8. The number of aliphatic hydroxyl groups is 1. The van der Waals surface area contributed by atoms with Crippen molar-refractivity contribution >= 4 is 12.0 Å². The number of hydrogen-bond acceptors (Lipinski definition) is 6. The maximum absolute atomic E-state index is 11.4. The summed E-state index contributed by atoms with van der Waals surface area (Å²) >= 11 is 0. The van der Waals surface area contributed by atoms with Gasteiger partial charge in [0.05, 0.1) is 19.8 Å². The second-order valence-corrected chi connectivity index (χ2v) is 3.74. The van der Waals surface area contributed by atoms with Crippen molar-refractivity contribution in [1.29, 1.82) is 0 Å². The molecule has 0 amide bonds. The van der Waals surface area contributed by atoms with Crippen molar-refractivity contribution < 1.29 is 23.8 Å². The minimum atomic E-state index is -0.862.